The molecule has 0 bridgehead atoms. The summed E-state index contributed by atoms with van der Waals surface area (Å²) in [6, 6.07) is 25.3. The molecule has 2 aromatic heterocycles. The molecule has 50 heavy (non-hydrogen) atoms. The van der Waals surface area contributed by atoms with Crippen molar-refractivity contribution < 1.29 is 38.8 Å². The number of hydrogen-bond acceptors (Lipinski definition) is 4. The SMILES string of the molecule is CCC(CC)C(=O)/C=C(\O)C(CC)CC.Cc1[c-]c(-c2nccc3c4c(ccc23)-c2c(F)cccc2C4(C)C)c2oc3ccccc3c2c1.[Ir]. The Morgan fingerprint density at radius 2 is 1.60 bits per heavy atom. The first kappa shape index (κ1) is 37.1. The molecule has 1 radical (unpaired) electrons. The van der Waals surface area contributed by atoms with Crippen LogP contribution in [0.3, 0.4) is 0 Å². The van der Waals surface area contributed by atoms with Gasteiger partial charge in [0, 0.05) is 60.6 Å². The summed E-state index contributed by atoms with van der Waals surface area (Å²) in [6.07, 6.45) is 6.75. The molecular weight excluding hydrogens is 802 g/mol. The second-order valence-electron chi connectivity index (χ2n) is 13.7. The van der Waals surface area contributed by atoms with E-state index in [-0.39, 0.29) is 54.7 Å². The minimum absolute atomic E-state index is 0. The number of aromatic nitrogens is 1. The molecule has 0 atom stereocenters. The zero-order chi connectivity index (χ0) is 35.0. The second kappa shape index (κ2) is 15.0. The molecule has 0 fully saturated rings. The quantitative estimate of drug-likeness (QED) is 0.0942. The number of rotatable bonds is 8. The van der Waals surface area contributed by atoms with Gasteiger partial charge in [0.25, 0.3) is 0 Å². The molecule has 6 heteroatoms. The predicted molar refractivity (Wildman–Crippen MR) is 199 cm³/mol. The molecule has 0 saturated heterocycles. The van der Waals surface area contributed by atoms with Gasteiger partial charge in [-0.1, -0.05) is 102 Å². The summed E-state index contributed by atoms with van der Waals surface area (Å²) in [5.74, 6) is 0.375. The van der Waals surface area contributed by atoms with E-state index in [1.165, 1.54) is 6.08 Å². The Labute approximate surface area is 308 Å². The number of aliphatic hydroxyl groups excluding tert-OH is 1. The zero-order valence-corrected chi connectivity index (χ0v) is 32.3. The maximum atomic E-state index is 14.9. The molecule has 1 aliphatic carbocycles. The number of hydrogen-bond donors (Lipinski definition) is 1. The van der Waals surface area contributed by atoms with Gasteiger partial charge in [-0.25, -0.2) is 4.39 Å². The second-order valence-corrected chi connectivity index (χ2v) is 13.7. The first-order chi connectivity index (χ1) is 23.5. The molecule has 6 aromatic rings. The maximum absolute atomic E-state index is 14.9. The van der Waals surface area contributed by atoms with Crippen molar-refractivity contribution in [2.75, 3.05) is 0 Å². The Balaban J connectivity index is 0.000000261. The van der Waals surface area contributed by atoms with E-state index in [0.717, 1.165) is 91.9 Å². The van der Waals surface area contributed by atoms with Crippen molar-refractivity contribution in [3.05, 3.63) is 113 Å². The third-order valence-electron chi connectivity index (χ3n) is 10.4. The van der Waals surface area contributed by atoms with Crippen LogP contribution in [0, 0.1) is 30.6 Å². The van der Waals surface area contributed by atoms with E-state index in [4.69, 9.17) is 9.40 Å². The normalized spacial score (nSPS) is 13.4. The van der Waals surface area contributed by atoms with Crippen LogP contribution in [0.1, 0.15) is 83.9 Å². The maximum Gasteiger partial charge on any atom is 0.162 e. The van der Waals surface area contributed by atoms with Gasteiger partial charge in [0.2, 0.25) is 0 Å². The van der Waals surface area contributed by atoms with Gasteiger partial charge in [0.15, 0.2) is 5.78 Å². The van der Waals surface area contributed by atoms with E-state index in [0.29, 0.717) is 5.56 Å². The summed E-state index contributed by atoms with van der Waals surface area (Å²) in [6.45, 7) is 14.5. The van der Waals surface area contributed by atoms with E-state index >= 15 is 0 Å². The molecule has 4 aromatic carbocycles. The summed E-state index contributed by atoms with van der Waals surface area (Å²) < 4.78 is 21.3. The van der Waals surface area contributed by atoms with E-state index < -0.39 is 0 Å². The minimum atomic E-state index is -0.324. The fraction of sp³-hybridized carbons (Fsp3) is 0.318. The summed E-state index contributed by atoms with van der Waals surface area (Å²) >= 11 is 0. The number of carbonyl (C=O) groups is 1. The zero-order valence-electron chi connectivity index (χ0n) is 29.9. The molecule has 1 N–H and O–H groups in total. The Morgan fingerprint density at radius 3 is 2.30 bits per heavy atom. The molecule has 0 aliphatic heterocycles. The molecule has 0 saturated carbocycles. The van der Waals surface area contributed by atoms with Crippen molar-refractivity contribution in [1.82, 2.24) is 4.98 Å². The molecular formula is C44H45FIrNO3-. The van der Waals surface area contributed by atoms with Crippen LogP contribution in [0.5, 0.6) is 0 Å². The largest absolute Gasteiger partial charge is 0.512 e. The smallest absolute Gasteiger partial charge is 0.162 e. The number of aryl methyl sites for hydroxylation is 1. The van der Waals surface area contributed by atoms with Crippen molar-refractivity contribution in [2.24, 2.45) is 11.8 Å². The molecule has 4 nitrogen and oxygen atoms in total. The van der Waals surface area contributed by atoms with E-state index in [1.807, 2.05) is 64.2 Å². The topological polar surface area (TPSA) is 63.3 Å². The number of pyridine rings is 1. The number of carbonyl (C=O) groups excluding carboxylic acids is 1. The molecule has 261 valence electrons. The van der Waals surface area contributed by atoms with Crippen LogP contribution in [0.2, 0.25) is 0 Å². The summed E-state index contributed by atoms with van der Waals surface area (Å²) in [7, 11) is 0. The third kappa shape index (κ3) is 6.45. The van der Waals surface area contributed by atoms with Gasteiger partial charge in [-0.3, -0.25) is 4.79 Å². The number of ketones is 1. The average Bonchev–Trinajstić information content (AvgIpc) is 3.58. The third-order valence-corrected chi connectivity index (χ3v) is 10.4. The van der Waals surface area contributed by atoms with Gasteiger partial charge < -0.3 is 14.5 Å². The number of fused-ring (bicyclic) bond motifs is 8. The van der Waals surface area contributed by atoms with Crippen LogP contribution in [-0.2, 0) is 30.3 Å². The molecule has 0 amide bonds. The molecule has 0 spiro atoms. The number of para-hydroxylation sites is 1. The molecule has 0 unspecified atom stereocenters. The Hall–Kier alpha value is -4.12. The van der Waals surface area contributed by atoms with Gasteiger partial charge in [0.1, 0.15) is 11.4 Å². The minimum Gasteiger partial charge on any atom is -0.512 e. The summed E-state index contributed by atoms with van der Waals surface area (Å²) in [5.41, 5.74) is 7.88. The monoisotopic (exact) mass is 847 g/mol. The average molecular weight is 847 g/mol. The predicted octanol–water partition coefficient (Wildman–Crippen LogP) is 12.2. The molecule has 2 heterocycles. The Morgan fingerprint density at radius 1 is 0.900 bits per heavy atom. The fourth-order valence-electron chi connectivity index (χ4n) is 7.64. The number of nitrogens with zero attached hydrogens (tertiary/aromatic N) is 1. The Bertz CT molecular complexity index is 2220. The van der Waals surface area contributed by atoms with Crippen LogP contribution < -0.4 is 0 Å². The molecule has 7 rings (SSSR count). The van der Waals surface area contributed by atoms with Gasteiger partial charge in [-0.2, -0.15) is 0 Å². The van der Waals surface area contributed by atoms with Crippen molar-refractivity contribution >= 4 is 38.5 Å². The molecule has 1 aliphatic rings. The van der Waals surface area contributed by atoms with Crippen molar-refractivity contribution in [3.8, 4) is 22.4 Å². The van der Waals surface area contributed by atoms with Crippen molar-refractivity contribution in [3.63, 3.8) is 0 Å². The van der Waals surface area contributed by atoms with E-state index in [9.17, 15) is 14.3 Å². The van der Waals surface area contributed by atoms with E-state index in [1.54, 1.807) is 12.1 Å². The van der Waals surface area contributed by atoms with Crippen molar-refractivity contribution in [1.29, 1.82) is 0 Å². The van der Waals surface area contributed by atoms with Crippen LogP contribution in [0.25, 0.3) is 55.1 Å². The Kier molecular flexibility index (Phi) is 11.1. The first-order valence-electron chi connectivity index (χ1n) is 17.6. The van der Waals surface area contributed by atoms with E-state index in [2.05, 4.69) is 51.1 Å². The number of benzene rings is 4. The number of allylic oxidation sites excluding steroid dienone is 2. The van der Waals surface area contributed by atoms with Gasteiger partial charge in [-0.15, -0.1) is 17.7 Å². The van der Waals surface area contributed by atoms with Crippen LogP contribution in [-0.4, -0.2) is 15.9 Å². The number of aliphatic hydroxyl groups is 1. The van der Waals surface area contributed by atoms with Gasteiger partial charge in [-0.05, 0) is 77.0 Å². The number of halogens is 1. The van der Waals surface area contributed by atoms with Crippen molar-refractivity contribution in [2.45, 2.75) is 79.6 Å². The fourth-order valence-corrected chi connectivity index (χ4v) is 7.64. The number of furan rings is 1. The van der Waals surface area contributed by atoms with Gasteiger partial charge in [0.05, 0.1) is 11.3 Å². The van der Waals surface area contributed by atoms with Crippen LogP contribution >= 0.6 is 0 Å². The summed E-state index contributed by atoms with van der Waals surface area (Å²) in [4.78, 5) is 16.5. The summed E-state index contributed by atoms with van der Waals surface area (Å²) in [5, 5.41) is 14.0. The van der Waals surface area contributed by atoms with Gasteiger partial charge >= 0.3 is 0 Å². The van der Waals surface area contributed by atoms with Crippen LogP contribution in [0.15, 0.2) is 89.2 Å². The first-order valence-corrected chi connectivity index (χ1v) is 17.6. The standard InChI is InChI=1S/C31H21FNO.C13H24O2.Ir/c1-17-15-22-18-7-4-5-10-26(18)34-30(22)23(16-17)29-20-11-12-21-27-24(8-6-9-25(27)32)31(2,3)28(21)19(20)13-14-33-29;1-5-10(6-2)12(14)9-13(15)11(7-3)8-4;/h4-15H,1-3H3;9-11,14H,5-8H2,1-4H3;/q-1;;/b;12-9-;. The van der Waals surface area contributed by atoms with Crippen LogP contribution in [0.4, 0.5) is 4.39 Å².